The molecule has 2 heterocycles. The predicted octanol–water partition coefficient (Wildman–Crippen LogP) is 4.17. The molecule has 3 rings (SSSR count). The number of alkyl halides is 5. The molecule has 0 aliphatic carbocycles. The van der Waals surface area contributed by atoms with E-state index in [4.69, 9.17) is 4.74 Å². The molecule has 2 aromatic rings. The fourth-order valence-corrected chi connectivity index (χ4v) is 3.34. The van der Waals surface area contributed by atoms with Crippen LogP contribution in [0.3, 0.4) is 0 Å². The first-order valence-electron chi connectivity index (χ1n) is 9.48. The average molecular weight is 480 g/mol. The minimum atomic E-state index is -4.84. The van der Waals surface area contributed by atoms with Gasteiger partial charge < -0.3 is 23.8 Å². The zero-order chi connectivity index (χ0) is 24.2. The Hall–Kier alpha value is -3.22. The molecule has 0 bridgehead atoms. The first kappa shape index (κ1) is 24.4. The predicted molar refractivity (Wildman–Crippen MR) is 101 cm³/mol. The minimum Gasteiger partial charge on any atom is -0.489 e. The van der Waals surface area contributed by atoms with Crippen molar-refractivity contribution in [2.75, 3.05) is 25.2 Å². The number of carbonyl (C=O) groups is 1. The number of halogens is 6. The number of hydrogen-bond acceptors (Lipinski definition) is 7. The topological polar surface area (TPSA) is 70.1 Å². The van der Waals surface area contributed by atoms with Crippen molar-refractivity contribution in [2.24, 2.45) is 0 Å². The Bertz CT molecular complexity index is 957. The zero-order valence-electron chi connectivity index (χ0n) is 17.0. The number of rotatable bonds is 8. The largest absolute Gasteiger partial charge is 0.573 e. The van der Waals surface area contributed by atoms with Gasteiger partial charge in [0.1, 0.15) is 17.6 Å². The molecule has 180 valence electrons. The smallest absolute Gasteiger partial charge is 0.489 e. The highest BCUT2D eigenvalue weighted by Gasteiger charge is 2.37. The summed E-state index contributed by atoms with van der Waals surface area (Å²) in [7, 11) is 1.12. The van der Waals surface area contributed by atoms with E-state index in [1.54, 1.807) is 0 Å². The molecular formula is C20H18F6N2O5. The average Bonchev–Trinajstić information content (AvgIpc) is 3.14. The van der Waals surface area contributed by atoms with E-state index in [9.17, 15) is 31.1 Å². The summed E-state index contributed by atoms with van der Waals surface area (Å²) >= 11 is 0. The summed E-state index contributed by atoms with van der Waals surface area (Å²) in [6.45, 7) is -3.50. The highest BCUT2D eigenvalue weighted by molar-refractivity contribution is 5.89. The van der Waals surface area contributed by atoms with Crippen LogP contribution in [0.15, 0.2) is 36.5 Å². The molecule has 13 heteroatoms. The summed E-state index contributed by atoms with van der Waals surface area (Å²) in [6.07, 6.45) is -4.27. The number of benzene rings is 1. The first-order valence-corrected chi connectivity index (χ1v) is 9.48. The third-order valence-electron chi connectivity index (χ3n) is 4.67. The van der Waals surface area contributed by atoms with Crippen LogP contribution in [0.25, 0.3) is 0 Å². The van der Waals surface area contributed by atoms with Crippen molar-refractivity contribution in [1.82, 2.24) is 4.98 Å². The number of ether oxygens (including phenoxy) is 4. The molecule has 0 unspecified atom stereocenters. The van der Waals surface area contributed by atoms with Crippen LogP contribution in [0.1, 0.15) is 16.8 Å². The van der Waals surface area contributed by atoms with E-state index in [0.717, 1.165) is 31.5 Å². The van der Waals surface area contributed by atoms with Gasteiger partial charge >= 0.3 is 18.9 Å². The lowest BCUT2D eigenvalue weighted by Gasteiger charge is -2.25. The summed E-state index contributed by atoms with van der Waals surface area (Å²) in [6, 6.07) is 4.77. The van der Waals surface area contributed by atoms with Crippen LogP contribution < -0.4 is 14.4 Å². The molecule has 0 spiro atoms. The van der Waals surface area contributed by atoms with Crippen LogP contribution in [-0.2, 0) is 9.47 Å². The molecule has 1 aliphatic rings. The van der Waals surface area contributed by atoms with Gasteiger partial charge in [0.25, 0.3) is 0 Å². The van der Waals surface area contributed by atoms with Crippen molar-refractivity contribution in [3.8, 4) is 11.5 Å². The third-order valence-corrected chi connectivity index (χ3v) is 4.67. The fourth-order valence-electron chi connectivity index (χ4n) is 3.34. The van der Waals surface area contributed by atoms with Crippen LogP contribution in [0.4, 0.5) is 32.2 Å². The Kier molecular flexibility index (Phi) is 7.51. The van der Waals surface area contributed by atoms with Crippen molar-refractivity contribution in [3.05, 3.63) is 47.9 Å². The monoisotopic (exact) mass is 480 g/mol. The second-order valence-corrected chi connectivity index (χ2v) is 6.92. The van der Waals surface area contributed by atoms with Gasteiger partial charge in [-0.05, 0) is 30.3 Å². The molecule has 1 aromatic heterocycles. The molecule has 2 atom stereocenters. The van der Waals surface area contributed by atoms with E-state index < -0.39 is 49.3 Å². The quantitative estimate of drug-likeness (QED) is 0.415. The van der Waals surface area contributed by atoms with Gasteiger partial charge in [-0.15, -0.1) is 13.2 Å². The third kappa shape index (κ3) is 6.63. The molecule has 0 N–H and O–H groups in total. The van der Waals surface area contributed by atoms with Gasteiger partial charge in [-0.1, -0.05) is 0 Å². The molecule has 1 aliphatic heterocycles. The van der Waals surface area contributed by atoms with E-state index >= 15 is 0 Å². The number of pyridine rings is 1. The SMILES string of the molecule is COC(=O)c1cnc(N2C[C@@H](Oc3ccc(OC(F)(F)F)cc3)C[C@H]2COC(F)F)c(F)c1. The van der Waals surface area contributed by atoms with Crippen molar-refractivity contribution < 1.29 is 50.1 Å². The molecule has 1 fully saturated rings. The fraction of sp³-hybridized carbons (Fsp3) is 0.400. The Morgan fingerprint density at radius 3 is 2.45 bits per heavy atom. The van der Waals surface area contributed by atoms with E-state index in [-0.39, 0.29) is 30.1 Å². The lowest BCUT2D eigenvalue weighted by molar-refractivity contribution is -0.274. The van der Waals surface area contributed by atoms with Gasteiger partial charge in [0.2, 0.25) is 0 Å². The second-order valence-electron chi connectivity index (χ2n) is 6.92. The van der Waals surface area contributed by atoms with Crippen LogP contribution in [0.2, 0.25) is 0 Å². The number of nitrogens with zero attached hydrogens (tertiary/aromatic N) is 2. The van der Waals surface area contributed by atoms with E-state index in [2.05, 4.69) is 19.2 Å². The molecule has 7 nitrogen and oxygen atoms in total. The maximum Gasteiger partial charge on any atom is 0.573 e. The normalized spacial score (nSPS) is 18.5. The number of aromatic nitrogens is 1. The van der Waals surface area contributed by atoms with Crippen LogP contribution in [0.5, 0.6) is 11.5 Å². The van der Waals surface area contributed by atoms with Crippen LogP contribution >= 0.6 is 0 Å². The molecule has 0 amide bonds. The lowest BCUT2D eigenvalue weighted by atomic mass is 10.2. The van der Waals surface area contributed by atoms with Crippen molar-refractivity contribution in [3.63, 3.8) is 0 Å². The number of hydrogen-bond donors (Lipinski definition) is 0. The zero-order valence-corrected chi connectivity index (χ0v) is 17.0. The Morgan fingerprint density at radius 2 is 1.88 bits per heavy atom. The van der Waals surface area contributed by atoms with Crippen molar-refractivity contribution >= 4 is 11.8 Å². The molecule has 33 heavy (non-hydrogen) atoms. The maximum absolute atomic E-state index is 14.7. The minimum absolute atomic E-state index is 0.0135. The Labute approximate surface area is 183 Å². The Balaban J connectivity index is 1.75. The van der Waals surface area contributed by atoms with E-state index in [1.165, 1.54) is 17.0 Å². The molecule has 0 saturated carbocycles. The molecule has 1 saturated heterocycles. The highest BCUT2D eigenvalue weighted by Crippen LogP contribution is 2.31. The maximum atomic E-state index is 14.7. The van der Waals surface area contributed by atoms with Crippen molar-refractivity contribution in [1.29, 1.82) is 0 Å². The summed E-state index contributed by atoms with van der Waals surface area (Å²) in [4.78, 5) is 16.8. The number of methoxy groups -OCH3 is 1. The molecule has 0 radical (unpaired) electrons. The summed E-state index contributed by atoms with van der Waals surface area (Å²) in [5, 5.41) is 0. The summed E-state index contributed by atoms with van der Waals surface area (Å²) in [5.41, 5.74) is -0.132. The number of anilines is 1. The van der Waals surface area contributed by atoms with E-state index in [0.29, 0.717) is 0 Å². The number of esters is 1. The van der Waals surface area contributed by atoms with Gasteiger partial charge in [0.15, 0.2) is 11.6 Å². The molecule has 1 aromatic carbocycles. The summed E-state index contributed by atoms with van der Waals surface area (Å²) < 4.78 is 95.0. The highest BCUT2D eigenvalue weighted by atomic mass is 19.4. The Morgan fingerprint density at radius 1 is 1.21 bits per heavy atom. The second kappa shape index (κ2) is 10.1. The van der Waals surface area contributed by atoms with Gasteiger partial charge in [-0.3, -0.25) is 0 Å². The van der Waals surface area contributed by atoms with Gasteiger partial charge in [-0.25, -0.2) is 14.2 Å². The lowest BCUT2D eigenvalue weighted by Crippen LogP contribution is -2.35. The van der Waals surface area contributed by atoms with Crippen LogP contribution in [0, 0.1) is 5.82 Å². The first-order chi connectivity index (χ1) is 15.6. The summed E-state index contributed by atoms with van der Waals surface area (Å²) in [5.74, 6) is -2.13. The van der Waals surface area contributed by atoms with Gasteiger partial charge in [0.05, 0.1) is 31.9 Å². The van der Waals surface area contributed by atoms with Gasteiger partial charge in [-0.2, -0.15) is 8.78 Å². The van der Waals surface area contributed by atoms with Gasteiger partial charge in [0, 0.05) is 12.6 Å². The number of carbonyl (C=O) groups excluding carboxylic acids is 1. The van der Waals surface area contributed by atoms with Crippen LogP contribution in [-0.4, -0.2) is 56.3 Å². The standard InChI is InChI=1S/C20H18F6N2O5/c1-30-18(29)11-6-16(21)17(27-8-11)28-9-15(7-12(28)10-31-19(22)23)32-13-2-4-14(5-3-13)33-20(24,25)26/h2-6,8,12,15,19H,7,9-10H2,1H3/t12-,15-/m0/s1. The van der Waals surface area contributed by atoms with E-state index in [1.807, 2.05) is 0 Å². The van der Waals surface area contributed by atoms with Crippen molar-refractivity contribution in [2.45, 2.75) is 31.5 Å². The molecular weight excluding hydrogens is 462 g/mol.